The van der Waals surface area contributed by atoms with Gasteiger partial charge in [0.25, 0.3) is 0 Å². The molecule has 0 aliphatic heterocycles. The van der Waals surface area contributed by atoms with Crippen molar-refractivity contribution < 1.29 is 0 Å². The highest BCUT2D eigenvalue weighted by molar-refractivity contribution is 7.13. The summed E-state index contributed by atoms with van der Waals surface area (Å²) < 4.78 is 0. The quantitative estimate of drug-likeness (QED) is 0.871. The molecule has 0 saturated heterocycles. The summed E-state index contributed by atoms with van der Waals surface area (Å²) in [5.74, 6) is 1.48. The fourth-order valence-corrected chi connectivity index (χ4v) is 2.80. The van der Waals surface area contributed by atoms with Gasteiger partial charge < -0.3 is 10.7 Å². The predicted octanol–water partition coefficient (Wildman–Crippen LogP) is 3.49. The number of hydrogen-bond acceptors (Lipinski definition) is 3. The molecule has 0 aliphatic rings. The van der Waals surface area contributed by atoms with Gasteiger partial charge in [-0.3, -0.25) is 0 Å². The van der Waals surface area contributed by atoms with E-state index < -0.39 is 0 Å². The van der Waals surface area contributed by atoms with Crippen LogP contribution in [0.4, 0.5) is 0 Å². The molecule has 1 atom stereocenters. The van der Waals surface area contributed by atoms with E-state index in [1.807, 2.05) is 6.20 Å². The van der Waals surface area contributed by atoms with E-state index in [4.69, 9.17) is 5.73 Å². The molecule has 1 unspecified atom stereocenters. The molecule has 0 bridgehead atoms. The number of rotatable bonds is 4. The Morgan fingerprint density at radius 3 is 2.82 bits per heavy atom. The van der Waals surface area contributed by atoms with Crippen LogP contribution in [0.25, 0.3) is 10.6 Å². The van der Waals surface area contributed by atoms with Gasteiger partial charge in [0.1, 0.15) is 5.82 Å². The maximum absolute atomic E-state index is 6.11. The first-order valence-corrected chi connectivity index (χ1v) is 6.81. The zero-order valence-corrected chi connectivity index (χ0v) is 11.3. The number of hydrogen-bond donors (Lipinski definition) is 2. The van der Waals surface area contributed by atoms with Crippen LogP contribution < -0.4 is 5.73 Å². The average molecular weight is 249 g/mol. The second-order valence-electron chi connectivity index (χ2n) is 4.85. The number of H-pyrrole nitrogens is 1. The summed E-state index contributed by atoms with van der Waals surface area (Å²) in [5.41, 5.74) is 8.47. The molecule has 0 spiro atoms. The van der Waals surface area contributed by atoms with Crippen molar-refractivity contribution in [1.29, 1.82) is 0 Å². The van der Waals surface area contributed by atoms with Crippen molar-refractivity contribution in [2.24, 2.45) is 11.7 Å². The van der Waals surface area contributed by atoms with E-state index in [0.717, 1.165) is 17.9 Å². The number of aromatic nitrogens is 2. The minimum absolute atomic E-state index is 0.00372. The van der Waals surface area contributed by atoms with Gasteiger partial charge in [0, 0.05) is 0 Å². The number of imidazole rings is 1. The minimum atomic E-state index is 0.00372. The molecule has 2 heterocycles. The first-order chi connectivity index (χ1) is 8.08. The lowest BCUT2D eigenvalue weighted by molar-refractivity contribution is 0.496. The standard InChI is InChI=1S/C13H19N3S/c1-8(2)6-10(14)13-15-7-11(16-13)12-9(3)4-5-17-12/h4-5,7-8,10H,6,14H2,1-3H3,(H,15,16). The Kier molecular flexibility index (Phi) is 3.64. The first kappa shape index (κ1) is 12.3. The molecule has 17 heavy (non-hydrogen) atoms. The smallest absolute Gasteiger partial charge is 0.123 e. The molecule has 2 rings (SSSR count). The summed E-state index contributed by atoms with van der Waals surface area (Å²) in [7, 11) is 0. The van der Waals surface area contributed by atoms with Gasteiger partial charge in [-0.25, -0.2) is 4.98 Å². The number of nitrogens with zero attached hydrogens (tertiary/aromatic N) is 1. The van der Waals surface area contributed by atoms with Crippen LogP contribution in [0.1, 0.15) is 37.7 Å². The Hall–Kier alpha value is -1.13. The van der Waals surface area contributed by atoms with Crippen molar-refractivity contribution >= 4 is 11.3 Å². The van der Waals surface area contributed by atoms with Crippen LogP contribution in [-0.4, -0.2) is 9.97 Å². The zero-order chi connectivity index (χ0) is 12.4. The topological polar surface area (TPSA) is 54.7 Å². The average Bonchev–Trinajstić information content (AvgIpc) is 2.84. The van der Waals surface area contributed by atoms with Gasteiger partial charge in [-0.05, 0) is 36.3 Å². The van der Waals surface area contributed by atoms with Gasteiger partial charge in [-0.15, -0.1) is 11.3 Å². The van der Waals surface area contributed by atoms with Gasteiger partial charge in [-0.1, -0.05) is 13.8 Å². The van der Waals surface area contributed by atoms with Crippen LogP contribution in [-0.2, 0) is 0 Å². The number of nitrogens with one attached hydrogen (secondary N) is 1. The fraction of sp³-hybridized carbons (Fsp3) is 0.462. The van der Waals surface area contributed by atoms with Crippen LogP contribution in [0.5, 0.6) is 0 Å². The SMILES string of the molecule is Cc1ccsc1-c1cnc(C(N)CC(C)C)[nH]1. The molecule has 2 aromatic heterocycles. The summed E-state index contributed by atoms with van der Waals surface area (Å²) in [5, 5.41) is 2.10. The van der Waals surface area contributed by atoms with Crippen molar-refractivity contribution in [3.8, 4) is 10.6 Å². The van der Waals surface area contributed by atoms with Crippen LogP contribution in [0.3, 0.4) is 0 Å². The number of aromatic amines is 1. The minimum Gasteiger partial charge on any atom is -0.340 e. The molecule has 0 aliphatic carbocycles. The molecular weight excluding hydrogens is 230 g/mol. The van der Waals surface area contributed by atoms with Gasteiger partial charge in [0.05, 0.1) is 22.8 Å². The maximum atomic E-state index is 6.11. The zero-order valence-electron chi connectivity index (χ0n) is 10.5. The Labute approximate surface area is 106 Å². The van der Waals surface area contributed by atoms with Crippen molar-refractivity contribution in [3.63, 3.8) is 0 Å². The Morgan fingerprint density at radius 2 is 2.24 bits per heavy atom. The van der Waals surface area contributed by atoms with E-state index >= 15 is 0 Å². The highest BCUT2D eigenvalue weighted by Crippen LogP contribution is 2.28. The van der Waals surface area contributed by atoms with Gasteiger partial charge in [0.15, 0.2) is 0 Å². The molecule has 0 radical (unpaired) electrons. The summed E-state index contributed by atoms with van der Waals surface area (Å²) in [4.78, 5) is 8.98. The van der Waals surface area contributed by atoms with Crippen LogP contribution in [0, 0.1) is 12.8 Å². The number of nitrogens with two attached hydrogens (primary N) is 1. The third-order valence-corrected chi connectivity index (χ3v) is 3.83. The molecule has 0 aromatic carbocycles. The molecule has 0 saturated carbocycles. The summed E-state index contributed by atoms with van der Waals surface area (Å²) in [6.07, 6.45) is 2.84. The van der Waals surface area contributed by atoms with E-state index in [2.05, 4.69) is 42.2 Å². The number of thiophene rings is 1. The molecule has 4 heteroatoms. The highest BCUT2D eigenvalue weighted by atomic mass is 32.1. The van der Waals surface area contributed by atoms with Gasteiger partial charge in [-0.2, -0.15) is 0 Å². The molecule has 3 N–H and O–H groups in total. The summed E-state index contributed by atoms with van der Waals surface area (Å²) in [6.45, 7) is 6.46. The van der Waals surface area contributed by atoms with Crippen molar-refractivity contribution in [3.05, 3.63) is 29.0 Å². The maximum Gasteiger partial charge on any atom is 0.123 e. The lowest BCUT2D eigenvalue weighted by atomic mass is 10.0. The van der Waals surface area contributed by atoms with E-state index in [-0.39, 0.29) is 6.04 Å². The first-order valence-electron chi connectivity index (χ1n) is 5.93. The highest BCUT2D eigenvalue weighted by Gasteiger charge is 2.13. The Morgan fingerprint density at radius 1 is 1.47 bits per heavy atom. The van der Waals surface area contributed by atoms with Crippen molar-refractivity contribution in [2.75, 3.05) is 0 Å². The second kappa shape index (κ2) is 5.02. The molecule has 0 fully saturated rings. The van der Waals surface area contributed by atoms with E-state index in [9.17, 15) is 0 Å². The lowest BCUT2D eigenvalue weighted by Crippen LogP contribution is -2.14. The largest absolute Gasteiger partial charge is 0.340 e. The predicted molar refractivity (Wildman–Crippen MR) is 73.0 cm³/mol. The van der Waals surface area contributed by atoms with Crippen LogP contribution >= 0.6 is 11.3 Å². The third-order valence-electron chi connectivity index (χ3n) is 2.78. The molecule has 0 amide bonds. The molecule has 2 aromatic rings. The van der Waals surface area contributed by atoms with Gasteiger partial charge >= 0.3 is 0 Å². The molecular formula is C13H19N3S. The third kappa shape index (κ3) is 2.76. The molecule has 3 nitrogen and oxygen atoms in total. The van der Waals surface area contributed by atoms with Crippen molar-refractivity contribution in [2.45, 2.75) is 33.2 Å². The van der Waals surface area contributed by atoms with Gasteiger partial charge in [0.2, 0.25) is 0 Å². The summed E-state index contributed by atoms with van der Waals surface area (Å²) >= 11 is 1.73. The van der Waals surface area contributed by atoms with Crippen LogP contribution in [0.15, 0.2) is 17.6 Å². The Balaban J connectivity index is 2.19. The van der Waals surface area contributed by atoms with E-state index in [1.165, 1.54) is 10.4 Å². The van der Waals surface area contributed by atoms with E-state index in [1.54, 1.807) is 11.3 Å². The normalized spacial score (nSPS) is 13.2. The molecule has 92 valence electrons. The Bertz CT molecular complexity index is 484. The van der Waals surface area contributed by atoms with Crippen LogP contribution in [0.2, 0.25) is 0 Å². The fourth-order valence-electron chi connectivity index (χ4n) is 1.91. The lowest BCUT2D eigenvalue weighted by Gasteiger charge is -2.10. The van der Waals surface area contributed by atoms with Crippen molar-refractivity contribution in [1.82, 2.24) is 9.97 Å². The summed E-state index contributed by atoms with van der Waals surface area (Å²) in [6, 6.07) is 2.12. The number of aryl methyl sites for hydroxylation is 1. The van der Waals surface area contributed by atoms with E-state index in [0.29, 0.717) is 5.92 Å². The monoisotopic (exact) mass is 249 g/mol. The second-order valence-corrected chi connectivity index (χ2v) is 5.77.